The number of aromatic nitrogens is 4. The van der Waals surface area contributed by atoms with Crippen LogP contribution in [0.2, 0.25) is 5.02 Å². The summed E-state index contributed by atoms with van der Waals surface area (Å²) in [5.41, 5.74) is 5.76. The third-order valence-corrected chi connectivity index (χ3v) is 14.8. The van der Waals surface area contributed by atoms with Crippen molar-refractivity contribution in [3.05, 3.63) is 140 Å². The normalized spacial score (nSPS) is 18.1. The second-order valence-electron chi connectivity index (χ2n) is 18.4. The molecule has 68 heavy (non-hydrogen) atoms. The number of ether oxygens (including phenoxy) is 2. The van der Waals surface area contributed by atoms with E-state index in [2.05, 4.69) is 50.8 Å². The van der Waals surface area contributed by atoms with E-state index in [1.54, 1.807) is 47.1 Å². The number of nitrogens with one attached hydrogen (secondary N) is 3. The van der Waals surface area contributed by atoms with Crippen LogP contribution in [-0.4, -0.2) is 108 Å². The first-order valence-corrected chi connectivity index (χ1v) is 24.4. The lowest BCUT2D eigenvalue weighted by Crippen LogP contribution is -2.47. The van der Waals surface area contributed by atoms with Gasteiger partial charge in [0.15, 0.2) is 5.65 Å². The number of hydrogen-bond donors (Lipinski definition) is 3. The SMILES string of the molecule is CC1(C)CCC(CN2CCN(c3ccc(C(=O)NS(=O)(=O)c4ccc(NCC5COCCO5)c([N+](=O)[O-])c4)c(-n4c(=O)c5cccn5c5nc6[nH]ccc6cc54)c3)CC2)=C(c2ccc(Cl)cc2)C1. The molecule has 2 aliphatic heterocycles. The fourth-order valence-electron chi connectivity index (χ4n) is 9.59. The molecule has 4 aromatic heterocycles. The van der Waals surface area contributed by atoms with E-state index in [0.29, 0.717) is 60.1 Å². The Balaban J connectivity index is 0.981. The van der Waals surface area contributed by atoms with Crippen LogP contribution < -0.4 is 20.5 Å². The number of H-pyrrole nitrogens is 1. The third kappa shape index (κ3) is 8.97. The molecule has 3 aromatic carbocycles. The molecule has 6 heterocycles. The van der Waals surface area contributed by atoms with Crippen LogP contribution in [0.3, 0.4) is 0 Å². The Bertz CT molecular complexity index is 3310. The van der Waals surface area contributed by atoms with Gasteiger partial charge in [0.1, 0.15) is 16.9 Å². The molecule has 0 spiro atoms. The van der Waals surface area contributed by atoms with Crippen molar-refractivity contribution in [2.24, 2.45) is 5.41 Å². The average Bonchev–Trinajstić information content (AvgIpc) is 4.02. The summed E-state index contributed by atoms with van der Waals surface area (Å²) >= 11 is 6.27. The molecular weight excluding hydrogens is 910 g/mol. The molecule has 2 saturated heterocycles. The first-order valence-electron chi connectivity index (χ1n) is 22.6. The van der Waals surface area contributed by atoms with E-state index in [0.717, 1.165) is 50.7 Å². The molecule has 10 rings (SSSR count). The second kappa shape index (κ2) is 18.2. The maximum Gasteiger partial charge on any atom is 0.293 e. The van der Waals surface area contributed by atoms with Gasteiger partial charge in [-0.15, -0.1) is 0 Å². The summed E-state index contributed by atoms with van der Waals surface area (Å²) in [6, 6.07) is 23.5. The number of halogens is 1. The minimum absolute atomic E-state index is 0.0723. The first kappa shape index (κ1) is 45.2. The van der Waals surface area contributed by atoms with E-state index in [4.69, 9.17) is 26.1 Å². The monoisotopic (exact) mass is 959 g/mol. The number of pyridine rings is 1. The molecule has 1 atom stereocenters. The van der Waals surface area contributed by atoms with Gasteiger partial charge in [0.05, 0.1) is 52.5 Å². The standard InChI is InChI=1S/C49H50ClN9O8S/c1-49(2)15-13-33(39(27-49)31-5-7-34(50)8-6-31)29-55-18-20-56(21-19-55)35-9-11-38(42(25-35)58-44-24-32-14-16-51-45(32)53-46(44)57-17-3-4-41(57)48(58)61)47(60)54-68(64,65)37-10-12-40(43(26-37)59(62)63)52-28-36-30-66-22-23-67-36/h3-12,14,16-17,24-26,36,52H,13,15,18-23,27-30H2,1-2H3,(H,51,53)(H,54,60). The van der Waals surface area contributed by atoms with Gasteiger partial charge in [-0.25, -0.2) is 18.1 Å². The van der Waals surface area contributed by atoms with Crippen molar-refractivity contribution in [1.82, 2.24) is 28.6 Å². The Morgan fingerprint density at radius 3 is 2.57 bits per heavy atom. The van der Waals surface area contributed by atoms with Gasteiger partial charge in [-0.2, -0.15) is 0 Å². The first-order chi connectivity index (χ1) is 32.7. The predicted molar refractivity (Wildman–Crippen MR) is 262 cm³/mol. The van der Waals surface area contributed by atoms with Crippen LogP contribution in [0.25, 0.3) is 39.0 Å². The Kier molecular flexibility index (Phi) is 12.1. The van der Waals surface area contributed by atoms with Crippen LogP contribution in [0.15, 0.2) is 113 Å². The average molecular weight is 961 g/mol. The zero-order valence-corrected chi connectivity index (χ0v) is 39.1. The lowest BCUT2D eigenvalue weighted by atomic mass is 9.72. The Morgan fingerprint density at radius 2 is 1.81 bits per heavy atom. The van der Waals surface area contributed by atoms with Gasteiger partial charge in [0.2, 0.25) is 0 Å². The van der Waals surface area contributed by atoms with E-state index in [9.17, 15) is 28.1 Å². The van der Waals surface area contributed by atoms with Crippen LogP contribution in [0.5, 0.6) is 0 Å². The summed E-state index contributed by atoms with van der Waals surface area (Å²) in [7, 11) is -4.70. The number of carbonyl (C=O) groups excluding carboxylic acids is 1. The van der Waals surface area contributed by atoms with Gasteiger partial charge in [0, 0.05) is 73.8 Å². The highest BCUT2D eigenvalue weighted by Crippen LogP contribution is 2.43. The van der Waals surface area contributed by atoms with Crippen molar-refractivity contribution in [2.45, 2.75) is 44.1 Å². The van der Waals surface area contributed by atoms with Crippen LogP contribution >= 0.6 is 11.6 Å². The molecule has 1 amide bonds. The molecule has 3 aliphatic rings. The molecule has 17 nitrogen and oxygen atoms in total. The third-order valence-electron chi connectivity index (χ3n) is 13.2. The van der Waals surface area contributed by atoms with E-state index >= 15 is 0 Å². The summed E-state index contributed by atoms with van der Waals surface area (Å²) in [6.07, 6.45) is 6.23. The molecule has 0 bridgehead atoms. The minimum atomic E-state index is -4.70. The number of hydrogen-bond acceptors (Lipinski definition) is 12. The fourth-order valence-corrected chi connectivity index (χ4v) is 10.7. The molecule has 2 fully saturated rings. The number of nitro benzene ring substituents is 1. The van der Waals surface area contributed by atoms with Crippen molar-refractivity contribution in [1.29, 1.82) is 0 Å². The number of anilines is 2. The Labute approximate surface area is 396 Å². The maximum absolute atomic E-state index is 14.7. The minimum Gasteiger partial charge on any atom is -0.377 e. The molecule has 352 valence electrons. The van der Waals surface area contributed by atoms with E-state index in [1.807, 2.05) is 18.2 Å². The quantitative estimate of drug-likeness (QED) is 0.0811. The summed E-state index contributed by atoms with van der Waals surface area (Å²) in [6.45, 7) is 9.63. The number of rotatable bonds is 12. The van der Waals surface area contributed by atoms with E-state index in [1.165, 1.54) is 39.5 Å². The van der Waals surface area contributed by atoms with Crippen molar-refractivity contribution in [3.8, 4) is 5.69 Å². The van der Waals surface area contributed by atoms with Crippen LogP contribution in [0, 0.1) is 15.5 Å². The molecule has 0 radical (unpaired) electrons. The predicted octanol–water partition coefficient (Wildman–Crippen LogP) is 7.41. The van der Waals surface area contributed by atoms with Crippen LogP contribution in [0.1, 0.15) is 49.0 Å². The largest absolute Gasteiger partial charge is 0.377 e. The number of benzene rings is 3. The number of carbonyl (C=O) groups is 1. The molecule has 1 aliphatic carbocycles. The second-order valence-corrected chi connectivity index (χ2v) is 20.5. The number of allylic oxidation sites excluding steroid dienone is 1. The van der Waals surface area contributed by atoms with Gasteiger partial charge >= 0.3 is 0 Å². The van der Waals surface area contributed by atoms with Gasteiger partial charge in [0.25, 0.3) is 27.2 Å². The number of piperazine rings is 1. The van der Waals surface area contributed by atoms with Gasteiger partial charge < -0.3 is 24.7 Å². The van der Waals surface area contributed by atoms with Gasteiger partial charge in [-0.3, -0.25) is 33.6 Å². The number of aromatic amines is 1. The lowest BCUT2D eigenvalue weighted by Gasteiger charge is -2.39. The van der Waals surface area contributed by atoms with Gasteiger partial charge in [-0.05, 0) is 103 Å². The Morgan fingerprint density at radius 1 is 1.00 bits per heavy atom. The van der Waals surface area contributed by atoms with Crippen LogP contribution in [0.4, 0.5) is 17.1 Å². The lowest BCUT2D eigenvalue weighted by molar-refractivity contribution is -0.384. The highest BCUT2D eigenvalue weighted by Gasteiger charge is 2.31. The summed E-state index contributed by atoms with van der Waals surface area (Å²) in [4.78, 5) is 52.9. The molecule has 1 unspecified atom stereocenters. The molecule has 3 N–H and O–H groups in total. The van der Waals surface area contributed by atoms with Crippen LogP contribution in [-0.2, 0) is 19.5 Å². The van der Waals surface area contributed by atoms with Crippen molar-refractivity contribution >= 4 is 77.9 Å². The topological polar surface area (TPSA) is 198 Å². The number of amides is 1. The molecule has 0 saturated carbocycles. The fraction of sp³-hybridized carbons (Fsp3) is 0.327. The maximum atomic E-state index is 14.7. The van der Waals surface area contributed by atoms with E-state index < -0.39 is 37.0 Å². The molecule has 19 heteroatoms. The van der Waals surface area contributed by atoms with Crippen molar-refractivity contribution < 1.29 is 27.6 Å². The number of nitrogens with zero attached hydrogens (tertiary/aromatic N) is 6. The highest BCUT2D eigenvalue weighted by molar-refractivity contribution is 7.90. The number of fused-ring (bicyclic) bond motifs is 4. The van der Waals surface area contributed by atoms with Crippen molar-refractivity contribution in [2.75, 3.05) is 69.3 Å². The van der Waals surface area contributed by atoms with E-state index in [-0.39, 0.29) is 40.5 Å². The molecular formula is C49H50ClN9O8S. The smallest absolute Gasteiger partial charge is 0.293 e. The van der Waals surface area contributed by atoms with Gasteiger partial charge in [-0.1, -0.05) is 43.2 Å². The van der Waals surface area contributed by atoms with Crippen molar-refractivity contribution in [3.63, 3.8) is 0 Å². The zero-order chi connectivity index (χ0) is 47.3. The number of nitro groups is 1. The zero-order valence-electron chi connectivity index (χ0n) is 37.5. The number of sulfonamides is 1. The highest BCUT2D eigenvalue weighted by atomic mass is 35.5. The summed E-state index contributed by atoms with van der Waals surface area (Å²) in [5.74, 6) is -1.04. The molecule has 7 aromatic rings. The summed E-state index contributed by atoms with van der Waals surface area (Å²) < 4.78 is 44.3. The summed E-state index contributed by atoms with van der Waals surface area (Å²) in [5, 5.41) is 16.6. The Hall–Kier alpha value is -6.57.